The number of aryl methyl sites for hydroxylation is 1. The fourth-order valence-electron chi connectivity index (χ4n) is 3.30. The summed E-state index contributed by atoms with van der Waals surface area (Å²) in [6.07, 6.45) is 6.40. The van der Waals surface area contributed by atoms with Gasteiger partial charge >= 0.3 is 0 Å². The number of nitrogens with one attached hydrogen (secondary N) is 2. The Morgan fingerprint density at radius 3 is 3.00 bits per heavy atom. The summed E-state index contributed by atoms with van der Waals surface area (Å²) in [6.45, 7) is 0. The topological polar surface area (TPSA) is 57.8 Å². The minimum atomic E-state index is -0.0652. The summed E-state index contributed by atoms with van der Waals surface area (Å²) in [5, 5.41) is 4.42. The van der Waals surface area contributed by atoms with Crippen LogP contribution in [0.2, 0.25) is 0 Å². The second-order valence-corrected chi connectivity index (χ2v) is 5.72. The highest BCUT2D eigenvalue weighted by Gasteiger charge is 2.25. The lowest BCUT2D eigenvalue weighted by atomic mass is 9.91. The highest BCUT2D eigenvalue weighted by Crippen LogP contribution is 2.34. The molecule has 4 heteroatoms. The molecule has 3 aromatic rings. The predicted molar refractivity (Wildman–Crippen MR) is 85.7 cm³/mol. The number of para-hydroxylation sites is 1. The van der Waals surface area contributed by atoms with E-state index in [1.165, 1.54) is 10.9 Å². The number of carbonyl (C=O) groups is 1. The van der Waals surface area contributed by atoms with Crippen LogP contribution in [-0.2, 0) is 6.42 Å². The molecular formula is C18H17N3O. The molecule has 4 rings (SSSR count). The van der Waals surface area contributed by atoms with Crippen molar-refractivity contribution in [2.45, 2.75) is 25.3 Å². The number of hydrogen-bond donors (Lipinski definition) is 2. The van der Waals surface area contributed by atoms with Gasteiger partial charge in [-0.15, -0.1) is 0 Å². The molecular weight excluding hydrogens is 274 g/mol. The Bertz CT molecular complexity index is 823. The van der Waals surface area contributed by atoms with E-state index in [-0.39, 0.29) is 11.9 Å². The monoisotopic (exact) mass is 291 g/mol. The fourth-order valence-corrected chi connectivity index (χ4v) is 3.30. The van der Waals surface area contributed by atoms with Crippen molar-refractivity contribution in [3.8, 4) is 0 Å². The number of pyridine rings is 1. The second-order valence-electron chi connectivity index (χ2n) is 5.72. The molecule has 1 amide bonds. The summed E-state index contributed by atoms with van der Waals surface area (Å²) < 4.78 is 0. The van der Waals surface area contributed by atoms with E-state index < -0.39 is 0 Å². The van der Waals surface area contributed by atoms with Gasteiger partial charge in [-0.3, -0.25) is 9.78 Å². The zero-order valence-electron chi connectivity index (χ0n) is 12.2. The number of benzene rings is 1. The van der Waals surface area contributed by atoms with E-state index in [4.69, 9.17) is 0 Å². The summed E-state index contributed by atoms with van der Waals surface area (Å²) in [5.74, 6) is -0.0652. The average Bonchev–Trinajstić information content (AvgIpc) is 2.95. The van der Waals surface area contributed by atoms with Gasteiger partial charge in [0.1, 0.15) is 0 Å². The van der Waals surface area contributed by atoms with Gasteiger partial charge in [0.25, 0.3) is 5.91 Å². The maximum Gasteiger partial charge on any atom is 0.253 e. The van der Waals surface area contributed by atoms with Crippen LogP contribution in [0.15, 0.2) is 48.8 Å². The number of rotatable bonds is 2. The third-order valence-electron chi connectivity index (χ3n) is 4.34. The third-order valence-corrected chi connectivity index (χ3v) is 4.34. The van der Waals surface area contributed by atoms with E-state index in [0.29, 0.717) is 5.56 Å². The van der Waals surface area contributed by atoms with Crippen LogP contribution in [0.25, 0.3) is 10.9 Å². The van der Waals surface area contributed by atoms with Crippen molar-refractivity contribution in [1.29, 1.82) is 0 Å². The lowest BCUT2D eigenvalue weighted by Crippen LogP contribution is -2.31. The molecule has 1 aliphatic carbocycles. The number of amides is 1. The molecule has 0 fully saturated rings. The standard InChI is InChI=1S/C18H17N3O/c22-18(12-5-4-10-19-11-12)21-16-9-3-7-14-13-6-1-2-8-15(13)20-17(14)16/h1-2,4-6,8,10-11,16,20H,3,7,9H2,(H,21,22)/t16-/m0/s1. The Kier molecular flexibility index (Phi) is 3.15. The van der Waals surface area contributed by atoms with Gasteiger partial charge in [0.05, 0.1) is 11.6 Å². The smallest absolute Gasteiger partial charge is 0.253 e. The SMILES string of the molecule is O=C(N[C@H]1CCCc2c1[nH]c1ccccc21)c1cccnc1. The van der Waals surface area contributed by atoms with Crippen LogP contribution in [0.1, 0.15) is 40.5 Å². The van der Waals surface area contributed by atoms with Crippen molar-refractivity contribution in [2.24, 2.45) is 0 Å². The van der Waals surface area contributed by atoms with Crippen molar-refractivity contribution in [3.63, 3.8) is 0 Å². The Morgan fingerprint density at radius 2 is 2.14 bits per heavy atom. The number of nitrogens with zero attached hydrogens (tertiary/aromatic N) is 1. The van der Waals surface area contributed by atoms with Crippen molar-refractivity contribution < 1.29 is 4.79 Å². The molecule has 0 spiro atoms. The van der Waals surface area contributed by atoms with E-state index in [2.05, 4.69) is 33.5 Å². The number of H-pyrrole nitrogens is 1. The lowest BCUT2D eigenvalue weighted by Gasteiger charge is -2.23. The van der Waals surface area contributed by atoms with Gasteiger partial charge in [0.2, 0.25) is 0 Å². The Morgan fingerprint density at radius 1 is 1.23 bits per heavy atom. The zero-order chi connectivity index (χ0) is 14.9. The first-order valence-corrected chi connectivity index (χ1v) is 7.63. The summed E-state index contributed by atoms with van der Waals surface area (Å²) in [6, 6.07) is 12.0. The third kappa shape index (κ3) is 2.17. The molecule has 2 heterocycles. The van der Waals surface area contributed by atoms with Crippen LogP contribution in [-0.4, -0.2) is 15.9 Å². The molecule has 4 nitrogen and oxygen atoms in total. The predicted octanol–water partition coefficient (Wildman–Crippen LogP) is 3.37. The molecule has 1 atom stereocenters. The average molecular weight is 291 g/mol. The van der Waals surface area contributed by atoms with Crippen molar-refractivity contribution in [1.82, 2.24) is 15.3 Å². The van der Waals surface area contributed by atoms with E-state index in [1.807, 2.05) is 6.07 Å². The molecule has 0 saturated heterocycles. The normalized spacial score (nSPS) is 17.2. The highest BCUT2D eigenvalue weighted by molar-refractivity contribution is 5.94. The Labute approximate surface area is 128 Å². The first kappa shape index (κ1) is 13.1. The van der Waals surface area contributed by atoms with Crippen molar-refractivity contribution >= 4 is 16.8 Å². The maximum atomic E-state index is 12.4. The van der Waals surface area contributed by atoms with Crippen molar-refractivity contribution in [2.75, 3.05) is 0 Å². The number of aromatic nitrogens is 2. The molecule has 110 valence electrons. The van der Waals surface area contributed by atoms with Gasteiger partial charge in [-0.05, 0) is 43.0 Å². The van der Waals surface area contributed by atoms with Crippen LogP contribution >= 0.6 is 0 Å². The van der Waals surface area contributed by atoms with Gasteiger partial charge < -0.3 is 10.3 Å². The highest BCUT2D eigenvalue weighted by atomic mass is 16.1. The van der Waals surface area contributed by atoms with E-state index in [1.54, 1.807) is 24.5 Å². The minimum Gasteiger partial charge on any atom is -0.356 e. The molecule has 2 N–H and O–H groups in total. The Balaban J connectivity index is 1.66. The fraction of sp³-hybridized carbons (Fsp3) is 0.222. The first-order chi connectivity index (χ1) is 10.8. The summed E-state index contributed by atoms with van der Waals surface area (Å²) in [7, 11) is 0. The molecule has 0 radical (unpaired) electrons. The van der Waals surface area contributed by atoms with Crippen molar-refractivity contribution in [3.05, 3.63) is 65.6 Å². The molecule has 22 heavy (non-hydrogen) atoms. The van der Waals surface area contributed by atoms with Gasteiger partial charge in [-0.2, -0.15) is 0 Å². The molecule has 0 saturated carbocycles. The molecule has 0 aliphatic heterocycles. The van der Waals surface area contributed by atoms with Crippen LogP contribution < -0.4 is 5.32 Å². The molecule has 2 aromatic heterocycles. The van der Waals surface area contributed by atoms with Gasteiger partial charge in [-0.1, -0.05) is 18.2 Å². The lowest BCUT2D eigenvalue weighted by molar-refractivity contribution is 0.0931. The maximum absolute atomic E-state index is 12.4. The first-order valence-electron chi connectivity index (χ1n) is 7.63. The molecule has 0 bridgehead atoms. The number of aromatic amines is 1. The largest absolute Gasteiger partial charge is 0.356 e. The van der Waals surface area contributed by atoms with E-state index in [0.717, 1.165) is 30.5 Å². The quantitative estimate of drug-likeness (QED) is 0.760. The summed E-state index contributed by atoms with van der Waals surface area (Å²) in [5.41, 5.74) is 4.25. The second kappa shape index (κ2) is 5.30. The summed E-state index contributed by atoms with van der Waals surface area (Å²) >= 11 is 0. The molecule has 0 unspecified atom stereocenters. The zero-order valence-corrected chi connectivity index (χ0v) is 12.2. The molecule has 1 aromatic carbocycles. The number of carbonyl (C=O) groups excluding carboxylic acids is 1. The van der Waals surface area contributed by atoms with E-state index >= 15 is 0 Å². The van der Waals surface area contributed by atoms with Crippen LogP contribution in [0.4, 0.5) is 0 Å². The van der Waals surface area contributed by atoms with Gasteiger partial charge in [-0.25, -0.2) is 0 Å². The van der Waals surface area contributed by atoms with Gasteiger partial charge in [0, 0.05) is 29.0 Å². The van der Waals surface area contributed by atoms with Crippen LogP contribution in [0.3, 0.4) is 0 Å². The summed E-state index contributed by atoms with van der Waals surface area (Å²) in [4.78, 5) is 19.9. The number of hydrogen-bond acceptors (Lipinski definition) is 2. The van der Waals surface area contributed by atoms with E-state index in [9.17, 15) is 4.79 Å². The Hall–Kier alpha value is -2.62. The van der Waals surface area contributed by atoms with Crippen LogP contribution in [0.5, 0.6) is 0 Å². The minimum absolute atomic E-state index is 0.0452. The molecule has 1 aliphatic rings. The van der Waals surface area contributed by atoms with Gasteiger partial charge in [0.15, 0.2) is 0 Å². The van der Waals surface area contributed by atoms with Crippen LogP contribution in [0, 0.1) is 0 Å². The number of fused-ring (bicyclic) bond motifs is 3.